The molecule has 0 bridgehead atoms. The van der Waals surface area contributed by atoms with Gasteiger partial charge in [0.25, 0.3) is 0 Å². The van der Waals surface area contributed by atoms with Gasteiger partial charge in [0.2, 0.25) is 11.8 Å². The van der Waals surface area contributed by atoms with Crippen molar-refractivity contribution in [2.45, 2.75) is 64.6 Å². The number of hydrogen-bond acceptors (Lipinski definition) is 6. The number of imide groups is 1. The fraction of sp³-hybridized carbons (Fsp3) is 0.524. The topological polar surface area (TPSA) is 153 Å². The molecule has 0 aliphatic rings. The Morgan fingerprint density at radius 1 is 1.13 bits per heavy atom. The van der Waals surface area contributed by atoms with Crippen LogP contribution in [0.3, 0.4) is 0 Å². The maximum absolute atomic E-state index is 12.8. The number of carbonyl (C=O) groups excluding carboxylic acids is 3. The van der Waals surface area contributed by atoms with Crippen LogP contribution in [0.2, 0.25) is 0 Å². The number of hydrogen-bond donors (Lipinski definition) is 3. The van der Waals surface area contributed by atoms with Gasteiger partial charge in [0.05, 0.1) is 12.0 Å². The second-order valence-electron chi connectivity index (χ2n) is 8.08. The standard InChI is InChI=1S/C21H31N3O6/c1-5-15(22)18(26)24(20(29)30-21(2,3)4)16(17(23)25)12-14(19(27)28)11-13-9-7-6-8-10-13/h6-10,14-16H,5,11-12,22H2,1-4H3,(H2,23,25)(H,27,28)/t14?,15?,16-/m1/s1. The fourth-order valence-electron chi connectivity index (χ4n) is 2.82. The number of aliphatic carboxylic acids is 1. The van der Waals surface area contributed by atoms with Gasteiger partial charge < -0.3 is 21.3 Å². The molecule has 0 radical (unpaired) electrons. The highest BCUT2D eigenvalue weighted by atomic mass is 16.6. The second kappa shape index (κ2) is 10.7. The summed E-state index contributed by atoms with van der Waals surface area (Å²) in [5, 5.41) is 9.67. The van der Waals surface area contributed by atoms with E-state index in [1.165, 1.54) is 0 Å². The van der Waals surface area contributed by atoms with E-state index < -0.39 is 47.5 Å². The predicted octanol–water partition coefficient (Wildman–Crippen LogP) is 1.67. The molecule has 9 nitrogen and oxygen atoms in total. The van der Waals surface area contributed by atoms with Gasteiger partial charge in [0, 0.05) is 0 Å². The molecule has 0 fully saturated rings. The zero-order valence-electron chi connectivity index (χ0n) is 17.8. The summed E-state index contributed by atoms with van der Waals surface area (Å²) in [5.41, 5.74) is 11.1. The lowest BCUT2D eigenvalue weighted by molar-refractivity contribution is -0.146. The highest BCUT2D eigenvalue weighted by Gasteiger charge is 2.40. The third-order valence-electron chi connectivity index (χ3n) is 4.41. The maximum atomic E-state index is 12.8. The number of ether oxygens (including phenoxy) is 1. The second-order valence-corrected chi connectivity index (χ2v) is 8.08. The first kappa shape index (κ1) is 25.1. The minimum atomic E-state index is -1.52. The number of carboxylic acid groups (broad SMARTS) is 1. The Bertz CT molecular complexity index is 760. The number of carbonyl (C=O) groups is 4. The van der Waals surface area contributed by atoms with Gasteiger partial charge in [0.15, 0.2) is 0 Å². The van der Waals surface area contributed by atoms with Crippen LogP contribution in [0, 0.1) is 5.92 Å². The maximum Gasteiger partial charge on any atom is 0.417 e. The Balaban J connectivity index is 3.27. The first-order valence-electron chi connectivity index (χ1n) is 9.75. The molecule has 2 unspecified atom stereocenters. The largest absolute Gasteiger partial charge is 0.481 e. The molecular formula is C21H31N3O6. The summed E-state index contributed by atoms with van der Waals surface area (Å²) in [6.07, 6.45) is -1.16. The number of rotatable bonds is 9. The Morgan fingerprint density at radius 2 is 1.70 bits per heavy atom. The Hall–Kier alpha value is -2.94. The summed E-state index contributed by atoms with van der Waals surface area (Å²) in [7, 11) is 0. The number of primary amides is 1. The molecule has 3 atom stereocenters. The van der Waals surface area contributed by atoms with E-state index >= 15 is 0 Å². The van der Waals surface area contributed by atoms with Crippen molar-refractivity contribution in [3.8, 4) is 0 Å². The molecule has 5 N–H and O–H groups in total. The van der Waals surface area contributed by atoms with Crippen LogP contribution in [0.5, 0.6) is 0 Å². The summed E-state index contributed by atoms with van der Waals surface area (Å²) in [4.78, 5) is 50.2. The van der Waals surface area contributed by atoms with Crippen molar-refractivity contribution in [3.63, 3.8) is 0 Å². The van der Waals surface area contributed by atoms with E-state index in [0.717, 1.165) is 5.56 Å². The van der Waals surface area contributed by atoms with Gasteiger partial charge in [-0.3, -0.25) is 14.4 Å². The Morgan fingerprint density at radius 3 is 2.13 bits per heavy atom. The summed E-state index contributed by atoms with van der Waals surface area (Å²) in [6, 6.07) is 6.22. The molecule has 0 aliphatic heterocycles. The summed E-state index contributed by atoms with van der Waals surface area (Å²) in [6.45, 7) is 6.44. The van der Waals surface area contributed by atoms with Crippen molar-refractivity contribution in [1.29, 1.82) is 0 Å². The first-order valence-corrected chi connectivity index (χ1v) is 9.75. The quantitative estimate of drug-likeness (QED) is 0.548. The highest BCUT2D eigenvalue weighted by Crippen LogP contribution is 2.21. The third-order valence-corrected chi connectivity index (χ3v) is 4.41. The van der Waals surface area contributed by atoms with Crippen molar-refractivity contribution in [2.75, 3.05) is 0 Å². The van der Waals surface area contributed by atoms with E-state index in [2.05, 4.69) is 0 Å². The van der Waals surface area contributed by atoms with Gasteiger partial charge in [-0.15, -0.1) is 0 Å². The van der Waals surface area contributed by atoms with Gasteiger partial charge in [0.1, 0.15) is 11.6 Å². The lowest BCUT2D eigenvalue weighted by Gasteiger charge is -2.33. The SMILES string of the molecule is CCC(N)C(=O)N(C(=O)OC(C)(C)C)[C@H](CC(Cc1ccccc1)C(=O)O)C(N)=O. The number of nitrogens with two attached hydrogens (primary N) is 2. The van der Waals surface area contributed by atoms with Crippen molar-refractivity contribution < 1.29 is 29.0 Å². The van der Waals surface area contributed by atoms with Gasteiger partial charge in [-0.05, 0) is 45.6 Å². The van der Waals surface area contributed by atoms with Crippen molar-refractivity contribution >= 4 is 23.9 Å². The van der Waals surface area contributed by atoms with Gasteiger partial charge >= 0.3 is 12.1 Å². The molecule has 3 amide bonds. The first-order chi connectivity index (χ1) is 13.9. The minimum absolute atomic E-state index is 0.0934. The third kappa shape index (κ3) is 7.47. The summed E-state index contributed by atoms with van der Waals surface area (Å²) >= 11 is 0. The summed E-state index contributed by atoms with van der Waals surface area (Å²) in [5.74, 6) is -4.11. The van der Waals surface area contributed by atoms with Gasteiger partial charge in [-0.1, -0.05) is 37.3 Å². The van der Waals surface area contributed by atoms with Crippen LogP contribution in [-0.4, -0.2) is 51.6 Å². The zero-order valence-corrected chi connectivity index (χ0v) is 17.8. The molecular weight excluding hydrogens is 390 g/mol. The van der Waals surface area contributed by atoms with Crippen LogP contribution in [0.25, 0.3) is 0 Å². The molecule has 1 aromatic carbocycles. The van der Waals surface area contributed by atoms with E-state index in [1.807, 2.05) is 0 Å². The monoisotopic (exact) mass is 421 g/mol. The molecule has 1 rings (SSSR count). The van der Waals surface area contributed by atoms with Crippen LogP contribution < -0.4 is 11.5 Å². The predicted molar refractivity (Wildman–Crippen MR) is 110 cm³/mol. The van der Waals surface area contributed by atoms with Crippen LogP contribution >= 0.6 is 0 Å². The fourth-order valence-corrected chi connectivity index (χ4v) is 2.82. The van der Waals surface area contributed by atoms with Crippen LogP contribution in [0.15, 0.2) is 30.3 Å². The highest BCUT2D eigenvalue weighted by molar-refractivity contribution is 6.00. The van der Waals surface area contributed by atoms with E-state index in [9.17, 15) is 24.3 Å². The number of nitrogens with zero attached hydrogens (tertiary/aromatic N) is 1. The van der Waals surface area contributed by atoms with E-state index in [4.69, 9.17) is 16.2 Å². The molecule has 30 heavy (non-hydrogen) atoms. The van der Waals surface area contributed by atoms with Crippen LogP contribution in [0.1, 0.15) is 46.1 Å². The smallest absolute Gasteiger partial charge is 0.417 e. The summed E-state index contributed by atoms with van der Waals surface area (Å²) < 4.78 is 5.26. The Labute approximate surface area is 176 Å². The van der Waals surface area contributed by atoms with Crippen molar-refractivity contribution in [3.05, 3.63) is 35.9 Å². The molecule has 9 heteroatoms. The van der Waals surface area contributed by atoms with E-state index in [1.54, 1.807) is 58.0 Å². The van der Waals surface area contributed by atoms with Crippen LogP contribution in [-0.2, 0) is 25.5 Å². The molecule has 0 heterocycles. The van der Waals surface area contributed by atoms with E-state index in [-0.39, 0.29) is 19.3 Å². The number of amides is 3. The molecule has 166 valence electrons. The lowest BCUT2D eigenvalue weighted by atomic mass is 9.91. The molecule has 0 aromatic heterocycles. The number of benzene rings is 1. The normalized spacial score (nSPS) is 14.3. The average Bonchev–Trinajstić information content (AvgIpc) is 2.64. The van der Waals surface area contributed by atoms with Gasteiger partial charge in [-0.2, -0.15) is 0 Å². The molecule has 1 aromatic rings. The Kier molecular flexibility index (Phi) is 8.97. The molecule has 0 saturated carbocycles. The molecule has 0 aliphatic carbocycles. The van der Waals surface area contributed by atoms with Crippen LogP contribution in [0.4, 0.5) is 4.79 Å². The minimum Gasteiger partial charge on any atom is -0.481 e. The van der Waals surface area contributed by atoms with Crippen molar-refractivity contribution in [1.82, 2.24) is 4.90 Å². The molecule has 0 saturated heterocycles. The van der Waals surface area contributed by atoms with Gasteiger partial charge in [-0.25, -0.2) is 9.69 Å². The van der Waals surface area contributed by atoms with E-state index in [0.29, 0.717) is 4.90 Å². The van der Waals surface area contributed by atoms with Crippen molar-refractivity contribution in [2.24, 2.45) is 17.4 Å². The average molecular weight is 421 g/mol. The lowest BCUT2D eigenvalue weighted by Crippen LogP contribution is -2.57. The number of carboxylic acids is 1. The zero-order chi connectivity index (χ0) is 23.1. The molecule has 0 spiro atoms.